The van der Waals surface area contributed by atoms with Gasteiger partial charge in [0.25, 0.3) is 0 Å². The molecular formula is C16H21NO4. The molecule has 1 saturated heterocycles. The highest BCUT2D eigenvalue weighted by Gasteiger charge is 2.60. The van der Waals surface area contributed by atoms with Gasteiger partial charge in [0.15, 0.2) is 0 Å². The second-order valence-electron chi connectivity index (χ2n) is 7.26. The molecule has 0 aromatic heterocycles. The van der Waals surface area contributed by atoms with E-state index in [0.717, 1.165) is 12.3 Å². The molecule has 0 unspecified atom stereocenters. The molecular weight excluding hydrogens is 270 g/mol. The summed E-state index contributed by atoms with van der Waals surface area (Å²) < 4.78 is 5.74. The molecule has 21 heavy (non-hydrogen) atoms. The van der Waals surface area contributed by atoms with Gasteiger partial charge in [-0.1, -0.05) is 18.6 Å². The van der Waals surface area contributed by atoms with E-state index in [9.17, 15) is 14.7 Å². The van der Waals surface area contributed by atoms with E-state index in [-0.39, 0.29) is 11.9 Å². The summed E-state index contributed by atoms with van der Waals surface area (Å²) in [5, 5.41) is 12.6. The topological polar surface area (TPSA) is 75.6 Å². The first-order chi connectivity index (χ1) is 9.98. The highest BCUT2D eigenvalue weighted by molar-refractivity contribution is 5.88. The second kappa shape index (κ2) is 4.32. The molecule has 114 valence electrons. The quantitative estimate of drug-likeness (QED) is 0.769. The molecule has 4 aliphatic rings. The summed E-state index contributed by atoms with van der Waals surface area (Å²) >= 11 is 0. The Morgan fingerprint density at radius 2 is 2.14 bits per heavy atom. The lowest BCUT2D eigenvalue weighted by atomic mass is 9.75. The van der Waals surface area contributed by atoms with Crippen molar-refractivity contribution in [3.8, 4) is 0 Å². The van der Waals surface area contributed by atoms with Gasteiger partial charge in [0.1, 0.15) is 5.92 Å². The Bertz CT molecular complexity index is 530. The number of rotatable bonds is 3. The van der Waals surface area contributed by atoms with Crippen molar-refractivity contribution in [3.63, 3.8) is 0 Å². The molecule has 1 amide bonds. The number of carboxylic acid groups (broad SMARTS) is 1. The van der Waals surface area contributed by atoms with E-state index < -0.39 is 29.5 Å². The first-order valence-corrected chi connectivity index (χ1v) is 7.88. The van der Waals surface area contributed by atoms with E-state index in [4.69, 9.17) is 4.74 Å². The van der Waals surface area contributed by atoms with Crippen LogP contribution in [0.5, 0.6) is 0 Å². The highest BCUT2D eigenvalue weighted by Crippen LogP contribution is 2.48. The van der Waals surface area contributed by atoms with Crippen molar-refractivity contribution < 1.29 is 19.4 Å². The summed E-state index contributed by atoms with van der Waals surface area (Å²) in [5.41, 5.74) is -0.768. The lowest BCUT2D eigenvalue weighted by Crippen LogP contribution is -2.50. The normalized spacial score (nSPS) is 49.8. The molecule has 4 rings (SSSR count). The minimum atomic E-state index is -0.943. The number of ether oxygens (including phenoxy) is 1. The summed E-state index contributed by atoms with van der Waals surface area (Å²) in [4.78, 5) is 24.2. The van der Waals surface area contributed by atoms with E-state index in [1.54, 1.807) is 6.08 Å². The van der Waals surface area contributed by atoms with E-state index in [1.165, 1.54) is 19.3 Å². The number of fused-ring (bicyclic) bond motifs is 4. The van der Waals surface area contributed by atoms with Gasteiger partial charge in [-0.2, -0.15) is 0 Å². The molecule has 0 aromatic carbocycles. The number of carbonyl (C=O) groups is 2. The van der Waals surface area contributed by atoms with E-state index in [1.807, 2.05) is 13.0 Å². The molecule has 2 saturated carbocycles. The number of hydrogen-bond donors (Lipinski definition) is 2. The maximum absolute atomic E-state index is 12.7. The molecule has 0 aromatic rings. The fourth-order valence-electron chi connectivity index (χ4n) is 4.97. The molecule has 7 atom stereocenters. The van der Waals surface area contributed by atoms with Crippen molar-refractivity contribution in [2.45, 2.75) is 50.4 Å². The average molecular weight is 291 g/mol. The molecule has 5 nitrogen and oxygen atoms in total. The summed E-state index contributed by atoms with van der Waals surface area (Å²) in [6.07, 6.45) is 7.90. The van der Waals surface area contributed by atoms with Gasteiger partial charge in [0.2, 0.25) is 5.91 Å². The summed E-state index contributed by atoms with van der Waals surface area (Å²) in [5.74, 6) is -1.13. The third-order valence-corrected chi connectivity index (χ3v) is 5.97. The molecule has 0 radical (unpaired) electrons. The zero-order valence-electron chi connectivity index (χ0n) is 12.1. The Labute approximate surface area is 123 Å². The monoisotopic (exact) mass is 291 g/mol. The summed E-state index contributed by atoms with van der Waals surface area (Å²) in [6, 6.07) is 0.234. The Balaban J connectivity index is 1.53. The number of nitrogens with one attached hydrogen (secondary N) is 1. The van der Waals surface area contributed by atoms with Crippen LogP contribution in [0.4, 0.5) is 0 Å². The molecule has 3 fully saturated rings. The van der Waals surface area contributed by atoms with Gasteiger partial charge in [-0.3, -0.25) is 9.59 Å². The number of aliphatic carboxylic acids is 1. The molecule has 2 N–H and O–H groups in total. The average Bonchev–Trinajstić information content (AvgIpc) is 3.14. The zero-order valence-corrected chi connectivity index (χ0v) is 12.1. The molecule has 5 heteroatoms. The Hall–Kier alpha value is -1.36. The standard InChI is InChI=1S/C16H21NO4/c1-16-5-4-11(21-16)12(15(19)20)13(16)14(18)17-10-7-8-2-3-9(10)6-8/h4-5,8-13H,2-3,6-7H2,1H3,(H,17,18)(H,19,20)/t8-,9-,10+,11+,12-,13-,16-/m0/s1. The third kappa shape index (κ3) is 1.86. The third-order valence-electron chi connectivity index (χ3n) is 5.97. The number of hydrogen-bond acceptors (Lipinski definition) is 3. The maximum Gasteiger partial charge on any atom is 0.310 e. The van der Waals surface area contributed by atoms with Crippen molar-refractivity contribution >= 4 is 11.9 Å². The predicted octanol–water partition coefficient (Wildman–Crippen LogP) is 1.34. The SMILES string of the molecule is C[C@@]12C=C[C@@H](O1)[C@H](C(=O)O)[C@H]2C(=O)N[C@@H]1C[C@H]2CC[C@H]1C2. The van der Waals surface area contributed by atoms with Gasteiger partial charge in [0, 0.05) is 6.04 Å². The van der Waals surface area contributed by atoms with Crippen LogP contribution in [0.1, 0.15) is 32.6 Å². The van der Waals surface area contributed by atoms with Crippen LogP contribution in [-0.2, 0) is 14.3 Å². The van der Waals surface area contributed by atoms with Crippen molar-refractivity contribution in [1.29, 1.82) is 0 Å². The number of carboxylic acids is 1. The zero-order chi connectivity index (χ0) is 14.8. The van der Waals surface area contributed by atoms with Gasteiger partial charge >= 0.3 is 5.97 Å². The predicted molar refractivity (Wildman–Crippen MR) is 74.4 cm³/mol. The first-order valence-electron chi connectivity index (χ1n) is 7.88. The van der Waals surface area contributed by atoms with Crippen LogP contribution < -0.4 is 5.32 Å². The van der Waals surface area contributed by atoms with E-state index >= 15 is 0 Å². The van der Waals surface area contributed by atoms with Crippen LogP contribution in [0.3, 0.4) is 0 Å². The second-order valence-corrected chi connectivity index (χ2v) is 7.26. The van der Waals surface area contributed by atoms with Gasteiger partial charge in [-0.25, -0.2) is 0 Å². The summed E-state index contributed by atoms with van der Waals surface area (Å²) in [7, 11) is 0. The van der Waals surface area contributed by atoms with Crippen LogP contribution >= 0.6 is 0 Å². The fraction of sp³-hybridized carbons (Fsp3) is 0.750. The van der Waals surface area contributed by atoms with Gasteiger partial charge in [0.05, 0.1) is 17.6 Å². The largest absolute Gasteiger partial charge is 0.481 e. The van der Waals surface area contributed by atoms with Crippen LogP contribution in [0.25, 0.3) is 0 Å². The van der Waals surface area contributed by atoms with Crippen molar-refractivity contribution in [2.75, 3.05) is 0 Å². The maximum atomic E-state index is 12.7. The summed E-state index contributed by atoms with van der Waals surface area (Å²) in [6.45, 7) is 1.82. The minimum Gasteiger partial charge on any atom is -0.481 e. The fourth-order valence-corrected chi connectivity index (χ4v) is 4.97. The Morgan fingerprint density at radius 3 is 2.76 bits per heavy atom. The molecule has 4 bridgehead atoms. The molecule has 2 aliphatic carbocycles. The van der Waals surface area contributed by atoms with Crippen LogP contribution in [0, 0.1) is 23.7 Å². The lowest BCUT2D eigenvalue weighted by molar-refractivity contribution is -0.147. The first kappa shape index (κ1) is 13.3. The number of amides is 1. The lowest BCUT2D eigenvalue weighted by Gasteiger charge is -2.31. The molecule has 2 aliphatic heterocycles. The van der Waals surface area contributed by atoms with Crippen molar-refractivity contribution in [2.24, 2.45) is 23.7 Å². The van der Waals surface area contributed by atoms with Crippen molar-refractivity contribution in [1.82, 2.24) is 5.32 Å². The van der Waals surface area contributed by atoms with Crippen molar-refractivity contribution in [3.05, 3.63) is 12.2 Å². The molecule has 2 heterocycles. The van der Waals surface area contributed by atoms with Gasteiger partial charge in [-0.05, 0) is 38.0 Å². The van der Waals surface area contributed by atoms with Crippen LogP contribution in [0.2, 0.25) is 0 Å². The Kier molecular flexibility index (Phi) is 2.74. The Morgan fingerprint density at radius 1 is 1.33 bits per heavy atom. The van der Waals surface area contributed by atoms with Crippen LogP contribution in [0.15, 0.2) is 12.2 Å². The van der Waals surface area contributed by atoms with Crippen LogP contribution in [-0.4, -0.2) is 34.7 Å². The van der Waals surface area contributed by atoms with Gasteiger partial charge < -0.3 is 15.2 Å². The van der Waals surface area contributed by atoms with E-state index in [2.05, 4.69) is 5.32 Å². The smallest absolute Gasteiger partial charge is 0.310 e. The van der Waals surface area contributed by atoms with Gasteiger partial charge in [-0.15, -0.1) is 0 Å². The number of carbonyl (C=O) groups excluding carboxylic acids is 1. The van der Waals surface area contributed by atoms with E-state index in [0.29, 0.717) is 5.92 Å². The highest BCUT2D eigenvalue weighted by atomic mass is 16.5. The molecule has 0 spiro atoms. The minimum absolute atomic E-state index is 0.144.